The molecule has 90 valence electrons. The van der Waals surface area contributed by atoms with E-state index in [2.05, 4.69) is 27.2 Å². The summed E-state index contributed by atoms with van der Waals surface area (Å²) in [6.07, 6.45) is 3.62. The highest BCUT2D eigenvalue weighted by Crippen LogP contribution is 2.26. The minimum absolute atomic E-state index is 0.184. The van der Waals surface area contributed by atoms with Crippen LogP contribution < -0.4 is 5.32 Å². The number of anilines is 1. The second-order valence-corrected chi connectivity index (χ2v) is 5.37. The predicted molar refractivity (Wildman–Crippen MR) is 70.4 cm³/mol. The lowest BCUT2D eigenvalue weighted by Gasteiger charge is -2.12. The van der Waals surface area contributed by atoms with Crippen LogP contribution in [0.2, 0.25) is 0 Å². The summed E-state index contributed by atoms with van der Waals surface area (Å²) in [6, 6.07) is 0.184. The third-order valence-electron chi connectivity index (χ3n) is 2.46. The van der Waals surface area contributed by atoms with E-state index in [0.717, 1.165) is 16.3 Å². The minimum Gasteiger partial charge on any atom is -0.347 e. The fourth-order valence-electron chi connectivity index (χ4n) is 1.68. The van der Waals surface area contributed by atoms with Crippen molar-refractivity contribution in [2.75, 3.05) is 5.32 Å². The number of nitrogens with zero attached hydrogens (tertiary/aromatic N) is 3. The fourth-order valence-corrected chi connectivity index (χ4v) is 2.60. The zero-order valence-electron chi connectivity index (χ0n) is 10.5. The third kappa shape index (κ3) is 2.79. The van der Waals surface area contributed by atoms with Crippen molar-refractivity contribution in [3.8, 4) is 0 Å². The van der Waals surface area contributed by atoms with Crippen LogP contribution in [0.3, 0.4) is 0 Å². The molecule has 0 aliphatic rings. The van der Waals surface area contributed by atoms with Crippen LogP contribution in [0, 0.1) is 20.8 Å². The zero-order valence-corrected chi connectivity index (χ0v) is 11.3. The minimum atomic E-state index is 0.184. The van der Waals surface area contributed by atoms with Gasteiger partial charge in [0.25, 0.3) is 0 Å². The topological polar surface area (TPSA) is 50.7 Å². The molecule has 2 aromatic rings. The first-order chi connectivity index (χ1) is 8.06. The van der Waals surface area contributed by atoms with Gasteiger partial charge in [-0.25, -0.2) is 15.0 Å². The molecule has 0 aliphatic heterocycles. The molecule has 2 rings (SSSR count). The molecule has 0 fully saturated rings. The summed E-state index contributed by atoms with van der Waals surface area (Å²) >= 11 is 1.72. The van der Waals surface area contributed by atoms with Crippen LogP contribution in [0.25, 0.3) is 0 Å². The lowest BCUT2D eigenvalue weighted by Crippen LogP contribution is -2.09. The van der Waals surface area contributed by atoms with Gasteiger partial charge < -0.3 is 5.32 Å². The van der Waals surface area contributed by atoms with Gasteiger partial charge in [0.05, 0.1) is 16.7 Å². The number of rotatable bonds is 3. The van der Waals surface area contributed by atoms with E-state index in [0.29, 0.717) is 5.95 Å². The number of hydrogen-bond donors (Lipinski definition) is 1. The lowest BCUT2D eigenvalue weighted by atomic mass is 10.2. The van der Waals surface area contributed by atoms with Crippen molar-refractivity contribution in [1.82, 2.24) is 15.0 Å². The van der Waals surface area contributed by atoms with Crippen molar-refractivity contribution in [2.24, 2.45) is 0 Å². The molecule has 0 saturated carbocycles. The molecule has 0 saturated heterocycles. The second kappa shape index (κ2) is 4.79. The molecule has 0 aromatic carbocycles. The van der Waals surface area contributed by atoms with Gasteiger partial charge in [0.1, 0.15) is 0 Å². The molecular weight excluding hydrogens is 232 g/mol. The number of thiazole rings is 1. The van der Waals surface area contributed by atoms with Crippen molar-refractivity contribution < 1.29 is 0 Å². The van der Waals surface area contributed by atoms with E-state index in [1.165, 1.54) is 4.88 Å². The Kier molecular flexibility index (Phi) is 3.38. The molecule has 1 N–H and O–H groups in total. The quantitative estimate of drug-likeness (QED) is 0.907. The molecule has 1 unspecified atom stereocenters. The molecule has 0 bridgehead atoms. The Morgan fingerprint density at radius 3 is 2.35 bits per heavy atom. The Labute approximate surface area is 105 Å². The highest BCUT2D eigenvalue weighted by molar-refractivity contribution is 7.11. The largest absolute Gasteiger partial charge is 0.347 e. The molecule has 2 aromatic heterocycles. The summed E-state index contributed by atoms with van der Waals surface area (Å²) in [5.41, 5.74) is 2.15. The van der Waals surface area contributed by atoms with E-state index in [9.17, 15) is 0 Å². The van der Waals surface area contributed by atoms with Gasteiger partial charge in [-0.3, -0.25) is 0 Å². The second-order valence-electron chi connectivity index (χ2n) is 4.13. The van der Waals surface area contributed by atoms with Crippen LogP contribution in [-0.2, 0) is 0 Å². The number of aromatic nitrogens is 3. The van der Waals surface area contributed by atoms with E-state index < -0.39 is 0 Å². The highest BCUT2D eigenvalue weighted by atomic mass is 32.1. The van der Waals surface area contributed by atoms with Crippen LogP contribution in [0.1, 0.15) is 34.1 Å². The Balaban J connectivity index is 2.14. The number of aryl methyl sites for hydroxylation is 3. The molecule has 0 radical (unpaired) electrons. The van der Waals surface area contributed by atoms with Crippen LogP contribution in [0.5, 0.6) is 0 Å². The average Bonchev–Trinajstić information content (AvgIpc) is 2.61. The number of hydrogen-bond acceptors (Lipinski definition) is 5. The lowest BCUT2D eigenvalue weighted by molar-refractivity contribution is 0.864. The highest BCUT2D eigenvalue weighted by Gasteiger charge is 2.13. The maximum atomic E-state index is 4.43. The molecule has 5 heteroatoms. The monoisotopic (exact) mass is 248 g/mol. The van der Waals surface area contributed by atoms with Gasteiger partial charge in [0, 0.05) is 17.3 Å². The Morgan fingerprint density at radius 1 is 1.18 bits per heavy atom. The van der Waals surface area contributed by atoms with Gasteiger partial charge in [-0.2, -0.15) is 0 Å². The van der Waals surface area contributed by atoms with Gasteiger partial charge in [0.15, 0.2) is 0 Å². The molecule has 2 heterocycles. The van der Waals surface area contributed by atoms with Gasteiger partial charge >= 0.3 is 0 Å². The molecule has 4 nitrogen and oxygen atoms in total. The van der Waals surface area contributed by atoms with Crippen molar-refractivity contribution in [2.45, 2.75) is 33.7 Å². The van der Waals surface area contributed by atoms with E-state index in [1.54, 1.807) is 11.3 Å². The normalized spacial score (nSPS) is 12.5. The van der Waals surface area contributed by atoms with Crippen LogP contribution in [0.15, 0.2) is 12.4 Å². The van der Waals surface area contributed by atoms with Crippen LogP contribution >= 0.6 is 11.3 Å². The summed E-state index contributed by atoms with van der Waals surface area (Å²) in [4.78, 5) is 14.2. The van der Waals surface area contributed by atoms with Crippen LogP contribution in [0.4, 0.5) is 5.95 Å². The van der Waals surface area contributed by atoms with Crippen LogP contribution in [-0.4, -0.2) is 15.0 Å². The van der Waals surface area contributed by atoms with E-state index in [4.69, 9.17) is 0 Å². The molecule has 1 atom stereocenters. The standard InChI is InChI=1S/C12H16N4S/c1-7-5-13-12(14-6-7)16-9(3)11-8(2)15-10(4)17-11/h5-6,9H,1-4H3,(H,13,14,16). The van der Waals surface area contributed by atoms with Gasteiger partial charge in [-0.15, -0.1) is 11.3 Å². The Morgan fingerprint density at radius 2 is 1.82 bits per heavy atom. The molecular formula is C12H16N4S. The first-order valence-electron chi connectivity index (χ1n) is 5.55. The third-order valence-corrected chi connectivity index (χ3v) is 3.71. The van der Waals surface area contributed by atoms with Crippen molar-refractivity contribution in [3.05, 3.63) is 33.5 Å². The van der Waals surface area contributed by atoms with Gasteiger partial charge in [0.2, 0.25) is 5.95 Å². The van der Waals surface area contributed by atoms with E-state index in [-0.39, 0.29) is 6.04 Å². The maximum Gasteiger partial charge on any atom is 0.223 e. The molecule has 17 heavy (non-hydrogen) atoms. The van der Waals surface area contributed by atoms with Crippen molar-refractivity contribution in [1.29, 1.82) is 0 Å². The maximum absolute atomic E-state index is 4.43. The van der Waals surface area contributed by atoms with Gasteiger partial charge in [-0.05, 0) is 33.3 Å². The smallest absolute Gasteiger partial charge is 0.223 e. The van der Waals surface area contributed by atoms with Crippen molar-refractivity contribution in [3.63, 3.8) is 0 Å². The first-order valence-corrected chi connectivity index (χ1v) is 6.37. The average molecular weight is 248 g/mol. The first kappa shape index (κ1) is 12.0. The van der Waals surface area contributed by atoms with E-state index >= 15 is 0 Å². The summed E-state index contributed by atoms with van der Waals surface area (Å²) in [5, 5.41) is 4.38. The SMILES string of the molecule is Cc1cnc(NC(C)c2sc(C)nc2C)nc1. The Bertz CT molecular complexity index is 504. The molecule has 0 aliphatic carbocycles. The summed E-state index contributed by atoms with van der Waals surface area (Å²) in [5.74, 6) is 0.661. The fraction of sp³-hybridized carbons (Fsp3) is 0.417. The number of nitrogens with one attached hydrogen (secondary N) is 1. The van der Waals surface area contributed by atoms with Gasteiger partial charge in [-0.1, -0.05) is 0 Å². The summed E-state index contributed by atoms with van der Waals surface area (Å²) in [6.45, 7) is 8.14. The molecule has 0 amide bonds. The summed E-state index contributed by atoms with van der Waals surface area (Å²) in [7, 11) is 0. The van der Waals surface area contributed by atoms with Crippen molar-refractivity contribution >= 4 is 17.3 Å². The molecule has 0 spiro atoms. The Hall–Kier alpha value is -1.49. The summed E-state index contributed by atoms with van der Waals surface area (Å²) < 4.78 is 0. The van der Waals surface area contributed by atoms with E-state index in [1.807, 2.05) is 33.2 Å². The predicted octanol–water partition coefficient (Wildman–Crippen LogP) is 3.03. The zero-order chi connectivity index (χ0) is 12.4.